The molecule has 4 nitrogen and oxygen atoms in total. The minimum absolute atomic E-state index is 0.782. The number of nitrogens with zero attached hydrogens (tertiary/aromatic N) is 4. The van der Waals surface area contributed by atoms with Gasteiger partial charge in [0.15, 0.2) is 0 Å². The minimum atomic E-state index is 0.782. The lowest BCUT2D eigenvalue weighted by atomic mass is 10.2. The topological polar surface area (TPSA) is 52.2 Å². The van der Waals surface area contributed by atoms with E-state index in [1.54, 1.807) is 18.6 Å². The maximum atomic E-state index is 4.53. The molecule has 0 bridgehead atoms. The number of fused-ring (bicyclic) bond motifs is 1. The van der Waals surface area contributed by atoms with Crippen LogP contribution in [0.3, 0.4) is 0 Å². The van der Waals surface area contributed by atoms with E-state index < -0.39 is 0 Å². The molecule has 1 aromatic carbocycles. The fraction of sp³-hybridized carbons (Fsp3) is 0. The van der Waals surface area contributed by atoms with E-state index in [0.29, 0.717) is 0 Å². The molecule has 0 unspecified atom stereocenters. The van der Waals surface area contributed by atoms with E-state index >= 15 is 0 Å². The maximum Gasteiger partial charge on any atom is 0.104 e. The molecule has 0 fully saturated rings. The highest BCUT2D eigenvalue weighted by Crippen LogP contribution is 2.22. The Labute approximate surface area is 100 Å². The van der Waals surface area contributed by atoms with Gasteiger partial charge in [-0.1, -0.05) is 6.07 Å². The molecular formula is C11H6BrN4. The average Bonchev–Trinajstić information content (AvgIpc) is 2.83. The van der Waals surface area contributed by atoms with E-state index in [2.05, 4.69) is 36.4 Å². The summed E-state index contributed by atoms with van der Waals surface area (Å²) < 4.78 is 0.937. The lowest BCUT2D eigenvalue weighted by molar-refractivity contribution is 0.977. The van der Waals surface area contributed by atoms with Crippen LogP contribution >= 0.6 is 15.9 Å². The van der Waals surface area contributed by atoms with Gasteiger partial charge in [-0.25, -0.2) is 4.98 Å². The van der Waals surface area contributed by atoms with Crippen molar-refractivity contribution in [3.05, 3.63) is 40.8 Å². The number of para-hydroxylation sites is 1. The molecule has 2 aromatic rings. The van der Waals surface area contributed by atoms with Crippen LogP contribution in [0.4, 0.5) is 0 Å². The Kier molecular flexibility index (Phi) is 2.18. The van der Waals surface area contributed by atoms with Crippen molar-refractivity contribution in [1.29, 1.82) is 0 Å². The molecular weight excluding hydrogens is 268 g/mol. The highest BCUT2D eigenvalue weighted by molar-refractivity contribution is 9.10. The summed E-state index contributed by atoms with van der Waals surface area (Å²) in [5.41, 5.74) is 7.15. The van der Waals surface area contributed by atoms with Crippen LogP contribution in [-0.4, -0.2) is 16.2 Å². The summed E-state index contributed by atoms with van der Waals surface area (Å²) in [5, 5.41) is 3.77. The number of halogens is 1. The highest BCUT2D eigenvalue weighted by atomic mass is 79.9. The molecule has 1 aliphatic rings. The normalized spacial score (nSPS) is 13.9. The largest absolute Gasteiger partial charge is 0.252 e. The van der Waals surface area contributed by atoms with Crippen LogP contribution in [0, 0.1) is 0 Å². The van der Waals surface area contributed by atoms with Crippen LogP contribution in [0.5, 0.6) is 0 Å². The van der Waals surface area contributed by atoms with Gasteiger partial charge in [0.1, 0.15) is 5.52 Å². The van der Waals surface area contributed by atoms with Crippen LogP contribution in [-0.2, 0) is 0 Å². The lowest BCUT2D eigenvalue weighted by Crippen LogP contribution is -1.93. The molecule has 0 amide bonds. The molecule has 0 N–H and O–H groups in total. The molecule has 0 saturated heterocycles. The Morgan fingerprint density at radius 3 is 2.94 bits per heavy atom. The monoisotopic (exact) mass is 273 g/mol. The van der Waals surface area contributed by atoms with Gasteiger partial charge in [-0.15, -0.1) is 0 Å². The minimum Gasteiger partial charge on any atom is -0.252 e. The Morgan fingerprint density at radius 1 is 1.19 bits per heavy atom. The van der Waals surface area contributed by atoms with Gasteiger partial charge < -0.3 is 0 Å². The van der Waals surface area contributed by atoms with Crippen molar-refractivity contribution in [2.24, 2.45) is 5.10 Å². The second-order valence-corrected chi connectivity index (χ2v) is 4.16. The SMILES string of the molecule is Brc1cccc2ncc(C3=C[N]N=C3)nc12. The van der Waals surface area contributed by atoms with Gasteiger partial charge >= 0.3 is 0 Å². The Morgan fingerprint density at radius 2 is 2.12 bits per heavy atom. The number of hydrogen-bond donors (Lipinski definition) is 0. The van der Waals surface area contributed by atoms with E-state index in [1.807, 2.05) is 18.2 Å². The molecule has 5 heteroatoms. The van der Waals surface area contributed by atoms with Crippen LogP contribution in [0.25, 0.3) is 16.6 Å². The van der Waals surface area contributed by atoms with Crippen LogP contribution in [0.15, 0.2) is 40.2 Å². The Bertz CT molecular complexity index is 618. The number of aromatic nitrogens is 2. The van der Waals surface area contributed by atoms with Crippen molar-refractivity contribution in [1.82, 2.24) is 15.4 Å². The first kappa shape index (κ1) is 9.47. The van der Waals surface area contributed by atoms with E-state index in [-0.39, 0.29) is 0 Å². The number of hydrogen-bond acceptors (Lipinski definition) is 3. The van der Waals surface area contributed by atoms with Gasteiger partial charge in [-0.3, -0.25) is 4.98 Å². The molecule has 3 rings (SSSR count). The molecule has 0 atom stereocenters. The molecule has 16 heavy (non-hydrogen) atoms. The first-order valence-corrected chi connectivity index (χ1v) is 5.49. The molecule has 0 saturated carbocycles. The summed E-state index contributed by atoms with van der Waals surface area (Å²) >= 11 is 3.46. The van der Waals surface area contributed by atoms with Gasteiger partial charge in [0.05, 0.1) is 29.8 Å². The zero-order valence-corrected chi connectivity index (χ0v) is 9.72. The predicted molar refractivity (Wildman–Crippen MR) is 65.8 cm³/mol. The van der Waals surface area contributed by atoms with Gasteiger partial charge in [0.25, 0.3) is 0 Å². The zero-order chi connectivity index (χ0) is 11.0. The zero-order valence-electron chi connectivity index (χ0n) is 8.13. The van der Waals surface area contributed by atoms with Gasteiger partial charge in [-0.05, 0) is 28.1 Å². The first-order valence-electron chi connectivity index (χ1n) is 4.69. The predicted octanol–water partition coefficient (Wildman–Crippen LogP) is 2.34. The number of allylic oxidation sites excluding steroid dienone is 1. The van der Waals surface area contributed by atoms with Crippen molar-refractivity contribution in [2.45, 2.75) is 0 Å². The van der Waals surface area contributed by atoms with Crippen LogP contribution < -0.4 is 5.43 Å². The van der Waals surface area contributed by atoms with Crippen LogP contribution in [0.2, 0.25) is 0 Å². The van der Waals surface area contributed by atoms with Crippen LogP contribution in [0.1, 0.15) is 5.69 Å². The average molecular weight is 274 g/mol. The summed E-state index contributed by atoms with van der Waals surface area (Å²) in [4.78, 5) is 8.88. The van der Waals surface area contributed by atoms with E-state index in [0.717, 1.165) is 26.8 Å². The summed E-state index contributed by atoms with van der Waals surface area (Å²) in [6, 6.07) is 5.81. The maximum absolute atomic E-state index is 4.53. The standard InChI is InChI=1S/C11H6BrN4/c12-8-2-1-3-9-11(8)16-10(6-13-9)7-4-14-15-5-7/h1-6H. The Balaban J connectivity index is 2.22. The van der Waals surface area contributed by atoms with Gasteiger partial charge in [0.2, 0.25) is 0 Å². The van der Waals surface area contributed by atoms with Crippen molar-refractivity contribution in [3.63, 3.8) is 0 Å². The molecule has 0 aliphatic carbocycles. The quantitative estimate of drug-likeness (QED) is 0.801. The third-order valence-electron chi connectivity index (χ3n) is 2.28. The fourth-order valence-corrected chi connectivity index (χ4v) is 1.94. The summed E-state index contributed by atoms with van der Waals surface area (Å²) in [6.45, 7) is 0. The number of rotatable bonds is 1. The van der Waals surface area contributed by atoms with Gasteiger partial charge in [-0.2, -0.15) is 10.5 Å². The van der Waals surface area contributed by atoms with Crippen molar-refractivity contribution >= 4 is 38.8 Å². The second kappa shape index (κ2) is 3.68. The molecule has 2 heterocycles. The molecule has 1 aromatic heterocycles. The lowest BCUT2D eigenvalue weighted by Gasteiger charge is -2.01. The van der Waals surface area contributed by atoms with Crippen molar-refractivity contribution in [3.8, 4) is 0 Å². The van der Waals surface area contributed by atoms with Crippen molar-refractivity contribution in [2.75, 3.05) is 0 Å². The molecule has 1 aliphatic heterocycles. The summed E-state index contributed by atoms with van der Waals surface area (Å²) in [7, 11) is 0. The van der Waals surface area contributed by atoms with Gasteiger partial charge in [0, 0.05) is 10.0 Å². The number of benzene rings is 1. The van der Waals surface area contributed by atoms with E-state index in [4.69, 9.17) is 0 Å². The second-order valence-electron chi connectivity index (χ2n) is 3.31. The van der Waals surface area contributed by atoms with Crippen molar-refractivity contribution < 1.29 is 0 Å². The summed E-state index contributed by atoms with van der Waals surface area (Å²) in [6.07, 6.45) is 5.08. The first-order chi connectivity index (χ1) is 7.84. The third kappa shape index (κ3) is 1.49. The highest BCUT2D eigenvalue weighted by Gasteiger charge is 2.08. The third-order valence-corrected chi connectivity index (χ3v) is 2.92. The van der Waals surface area contributed by atoms with E-state index in [1.165, 1.54) is 0 Å². The summed E-state index contributed by atoms with van der Waals surface area (Å²) in [5.74, 6) is 0. The Hall–Kier alpha value is -1.75. The fourth-order valence-electron chi connectivity index (χ4n) is 1.49. The molecule has 0 spiro atoms. The van der Waals surface area contributed by atoms with E-state index in [9.17, 15) is 0 Å². The smallest absolute Gasteiger partial charge is 0.104 e. The molecule has 77 valence electrons. The molecule has 1 radical (unpaired) electrons.